The van der Waals surface area contributed by atoms with Gasteiger partial charge in [0.15, 0.2) is 0 Å². The first kappa shape index (κ1) is 14.5. The normalized spacial score (nSPS) is 10.3. The number of aryl methyl sites for hydroxylation is 1. The molecule has 1 aromatic carbocycles. The standard InChI is InChI=1S/C13H16BrClO2/c1-2-17-13(16)11-6-5-10(4-3-7-15)12(8-11)9-14/h5-6,8H,2-4,7,9H2,1H3. The van der Waals surface area contributed by atoms with Gasteiger partial charge in [-0.3, -0.25) is 0 Å². The fraction of sp³-hybridized carbons (Fsp3) is 0.462. The van der Waals surface area contributed by atoms with Gasteiger partial charge in [0.1, 0.15) is 0 Å². The fourth-order valence-corrected chi connectivity index (χ4v) is 2.25. The van der Waals surface area contributed by atoms with Gasteiger partial charge in [-0.2, -0.15) is 0 Å². The Morgan fingerprint density at radius 1 is 1.41 bits per heavy atom. The average molecular weight is 320 g/mol. The predicted molar refractivity (Wildman–Crippen MR) is 74.1 cm³/mol. The van der Waals surface area contributed by atoms with Gasteiger partial charge in [-0.1, -0.05) is 22.0 Å². The van der Waals surface area contributed by atoms with E-state index >= 15 is 0 Å². The van der Waals surface area contributed by atoms with Gasteiger partial charge in [0, 0.05) is 11.2 Å². The van der Waals surface area contributed by atoms with Crippen LogP contribution in [0, 0.1) is 0 Å². The highest BCUT2D eigenvalue weighted by Gasteiger charge is 2.09. The Morgan fingerprint density at radius 2 is 2.18 bits per heavy atom. The second-order valence-corrected chi connectivity index (χ2v) is 4.57. The zero-order valence-corrected chi connectivity index (χ0v) is 12.2. The number of hydrogen-bond acceptors (Lipinski definition) is 2. The van der Waals surface area contributed by atoms with Crippen molar-refractivity contribution in [1.29, 1.82) is 0 Å². The van der Waals surface area contributed by atoms with Crippen LogP contribution in [0.5, 0.6) is 0 Å². The van der Waals surface area contributed by atoms with Gasteiger partial charge in [0.2, 0.25) is 0 Å². The van der Waals surface area contributed by atoms with Gasteiger partial charge in [-0.25, -0.2) is 4.79 Å². The minimum atomic E-state index is -0.265. The number of carbonyl (C=O) groups excluding carboxylic acids is 1. The number of alkyl halides is 2. The SMILES string of the molecule is CCOC(=O)c1ccc(CCCCl)c(CBr)c1. The van der Waals surface area contributed by atoms with E-state index in [1.54, 1.807) is 6.92 Å². The third kappa shape index (κ3) is 4.32. The Kier molecular flexibility index (Phi) is 6.60. The van der Waals surface area contributed by atoms with E-state index < -0.39 is 0 Å². The third-order valence-electron chi connectivity index (χ3n) is 2.44. The van der Waals surface area contributed by atoms with Gasteiger partial charge in [0.25, 0.3) is 0 Å². The lowest BCUT2D eigenvalue weighted by Gasteiger charge is -2.09. The van der Waals surface area contributed by atoms with Crippen LogP contribution in [-0.4, -0.2) is 18.5 Å². The summed E-state index contributed by atoms with van der Waals surface area (Å²) in [7, 11) is 0. The molecule has 0 N–H and O–H groups in total. The molecule has 4 heteroatoms. The van der Waals surface area contributed by atoms with Crippen LogP contribution in [0.4, 0.5) is 0 Å². The van der Waals surface area contributed by atoms with Gasteiger partial charge < -0.3 is 4.74 Å². The Bertz CT molecular complexity index is 380. The zero-order valence-electron chi connectivity index (χ0n) is 9.84. The van der Waals surface area contributed by atoms with Crippen LogP contribution >= 0.6 is 27.5 Å². The molecule has 0 radical (unpaired) electrons. The molecule has 0 aliphatic heterocycles. The molecule has 1 rings (SSSR count). The molecule has 0 atom stereocenters. The molecular weight excluding hydrogens is 303 g/mol. The molecule has 17 heavy (non-hydrogen) atoms. The van der Waals surface area contributed by atoms with Crippen molar-refractivity contribution >= 4 is 33.5 Å². The highest BCUT2D eigenvalue weighted by atomic mass is 79.9. The summed E-state index contributed by atoms with van der Waals surface area (Å²) in [5.41, 5.74) is 2.96. The van der Waals surface area contributed by atoms with E-state index in [4.69, 9.17) is 16.3 Å². The van der Waals surface area contributed by atoms with E-state index in [9.17, 15) is 4.79 Å². The molecule has 0 aliphatic rings. The van der Waals surface area contributed by atoms with Crippen molar-refractivity contribution in [3.63, 3.8) is 0 Å². The Morgan fingerprint density at radius 3 is 2.76 bits per heavy atom. The summed E-state index contributed by atoms with van der Waals surface area (Å²) in [5, 5.41) is 0.734. The Balaban J connectivity index is 2.87. The van der Waals surface area contributed by atoms with Crippen molar-refractivity contribution in [2.75, 3.05) is 12.5 Å². The van der Waals surface area contributed by atoms with Crippen molar-refractivity contribution in [3.8, 4) is 0 Å². The highest BCUT2D eigenvalue weighted by Crippen LogP contribution is 2.18. The lowest BCUT2D eigenvalue weighted by atomic mass is 10.0. The summed E-state index contributed by atoms with van der Waals surface area (Å²) >= 11 is 9.12. The molecule has 0 aliphatic carbocycles. The molecular formula is C13H16BrClO2. The van der Waals surface area contributed by atoms with Crippen LogP contribution in [0.25, 0.3) is 0 Å². The van der Waals surface area contributed by atoms with Gasteiger partial charge in [-0.05, 0) is 43.0 Å². The summed E-state index contributed by atoms with van der Waals surface area (Å²) in [4.78, 5) is 11.6. The molecule has 0 fully saturated rings. The summed E-state index contributed by atoms with van der Waals surface area (Å²) in [6.45, 7) is 2.20. The summed E-state index contributed by atoms with van der Waals surface area (Å²) in [5.74, 6) is 0.389. The summed E-state index contributed by atoms with van der Waals surface area (Å²) < 4.78 is 4.97. The quantitative estimate of drug-likeness (QED) is 0.586. The smallest absolute Gasteiger partial charge is 0.338 e. The average Bonchev–Trinajstić information content (AvgIpc) is 2.36. The molecule has 1 aromatic rings. The lowest BCUT2D eigenvalue weighted by Crippen LogP contribution is -2.06. The molecule has 0 bridgehead atoms. The van der Waals surface area contributed by atoms with Crippen LogP contribution in [0.1, 0.15) is 34.8 Å². The number of esters is 1. The number of benzene rings is 1. The Hall–Kier alpha value is -0.540. The van der Waals surface area contributed by atoms with Crippen molar-refractivity contribution in [1.82, 2.24) is 0 Å². The van der Waals surface area contributed by atoms with E-state index in [1.165, 1.54) is 5.56 Å². The first-order valence-electron chi connectivity index (χ1n) is 5.63. The van der Waals surface area contributed by atoms with Gasteiger partial charge in [-0.15, -0.1) is 11.6 Å². The molecule has 0 amide bonds. The van der Waals surface area contributed by atoms with Crippen molar-refractivity contribution < 1.29 is 9.53 Å². The van der Waals surface area contributed by atoms with Gasteiger partial charge >= 0.3 is 5.97 Å². The topological polar surface area (TPSA) is 26.3 Å². The number of hydrogen-bond donors (Lipinski definition) is 0. The third-order valence-corrected chi connectivity index (χ3v) is 3.31. The van der Waals surface area contributed by atoms with Crippen LogP contribution in [0.3, 0.4) is 0 Å². The van der Waals surface area contributed by atoms with Gasteiger partial charge in [0.05, 0.1) is 12.2 Å². The number of carbonyl (C=O) groups is 1. The van der Waals surface area contributed by atoms with Crippen LogP contribution in [-0.2, 0) is 16.5 Å². The summed E-state index contributed by atoms with van der Waals surface area (Å²) in [6.07, 6.45) is 1.88. The molecule has 0 aromatic heterocycles. The maximum atomic E-state index is 11.6. The van der Waals surface area contributed by atoms with E-state index in [-0.39, 0.29) is 5.97 Å². The van der Waals surface area contributed by atoms with E-state index in [0.29, 0.717) is 18.1 Å². The zero-order chi connectivity index (χ0) is 12.7. The van der Waals surface area contributed by atoms with Crippen LogP contribution in [0.2, 0.25) is 0 Å². The number of halogens is 2. The first-order chi connectivity index (χ1) is 8.22. The second-order valence-electron chi connectivity index (χ2n) is 3.63. The minimum absolute atomic E-state index is 0.265. The maximum absolute atomic E-state index is 11.6. The van der Waals surface area contributed by atoms with E-state index in [2.05, 4.69) is 15.9 Å². The predicted octanol–water partition coefficient (Wildman–Crippen LogP) is 3.93. The largest absolute Gasteiger partial charge is 0.462 e. The van der Waals surface area contributed by atoms with Crippen LogP contribution < -0.4 is 0 Å². The number of rotatable bonds is 6. The molecule has 0 saturated heterocycles. The van der Waals surface area contributed by atoms with Crippen molar-refractivity contribution in [3.05, 3.63) is 34.9 Å². The van der Waals surface area contributed by atoms with Crippen molar-refractivity contribution in [2.45, 2.75) is 25.1 Å². The van der Waals surface area contributed by atoms with Crippen molar-refractivity contribution in [2.24, 2.45) is 0 Å². The van der Waals surface area contributed by atoms with Crippen LogP contribution in [0.15, 0.2) is 18.2 Å². The maximum Gasteiger partial charge on any atom is 0.338 e. The molecule has 0 spiro atoms. The lowest BCUT2D eigenvalue weighted by molar-refractivity contribution is 0.0526. The monoisotopic (exact) mass is 318 g/mol. The fourth-order valence-electron chi connectivity index (χ4n) is 1.59. The van der Waals surface area contributed by atoms with E-state index in [0.717, 1.165) is 23.7 Å². The Labute approximate surface area is 115 Å². The second kappa shape index (κ2) is 7.72. The summed E-state index contributed by atoms with van der Waals surface area (Å²) in [6, 6.07) is 5.68. The minimum Gasteiger partial charge on any atom is -0.462 e. The molecule has 0 heterocycles. The molecule has 2 nitrogen and oxygen atoms in total. The first-order valence-corrected chi connectivity index (χ1v) is 7.29. The number of ether oxygens (including phenoxy) is 1. The van der Waals surface area contributed by atoms with E-state index in [1.807, 2.05) is 18.2 Å². The molecule has 94 valence electrons. The highest BCUT2D eigenvalue weighted by molar-refractivity contribution is 9.08. The molecule has 0 unspecified atom stereocenters. The molecule has 0 saturated carbocycles.